The van der Waals surface area contributed by atoms with Gasteiger partial charge < -0.3 is 9.15 Å². The molecule has 0 spiro atoms. The van der Waals surface area contributed by atoms with Gasteiger partial charge in [-0.1, -0.05) is 18.2 Å². The van der Waals surface area contributed by atoms with Crippen LogP contribution in [0.1, 0.15) is 38.0 Å². The van der Waals surface area contributed by atoms with E-state index >= 15 is 0 Å². The fourth-order valence-electron chi connectivity index (χ4n) is 2.86. The molecule has 1 fully saturated rings. The standard InChI is InChI=1S/C17H23NO2/c1-13(18(2)12-15-8-5-6-10-19-15)17-11-14-7-3-4-9-16(14)20-17/h3-4,7,9,11,13,15H,5-6,8,10,12H2,1-2H3. The minimum Gasteiger partial charge on any atom is -0.459 e. The van der Waals surface area contributed by atoms with Gasteiger partial charge in [0.25, 0.3) is 0 Å². The number of furan rings is 1. The highest BCUT2D eigenvalue weighted by molar-refractivity contribution is 5.77. The van der Waals surface area contributed by atoms with E-state index in [0.717, 1.165) is 24.5 Å². The zero-order valence-electron chi connectivity index (χ0n) is 12.3. The largest absolute Gasteiger partial charge is 0.459 e. The minimum absolute atomic E-state index is 0.271. The van der Waals surface area contributed by atoms with Gasteiger partial charge in [-0.25, -0.2) is 0 Å². The SMILES string of the molecule is CC(c1cc2ccccc2o1)N(C)CC1CCCCO1. The molecule has 0 saturated carbocycles. The Hall–Kier alpha value is -1.32. The molecule has 1 aliphatic heterocycles. The van der Waals surface area contributed by atoms with Gasteiger partial charge in [0, 0.05) is 18.5 Å². The summed E-state index contributed by atoms with van der Waals surface area (Å²) in [6.07, 6.45) is 4.05. The minimum atomic E-state index is 0.271. The van der Waals surface area contributed by atoms with Crippen molar-refractivity contribution in [2.75, 3.05) is 20.2 Å². The first kappa shape index (κ1) is 13.7. The second kappa shape index (κ2) is 5.98. The Balaban J connectivity index is 1.68. The average molecular weight is 273 g/mol. The van der Waals surface area contributed by atoms with Crippen molar-refractivity contribution in [2.45, 2.75) is 38.3 Å². The summed E-state index contributed by atoms with van der Waals surface area (Å²) in [4.78, 5) is 2.33. The van der Waals surface area contributed by atoms with E-state index < -0.39 is 0 Å². The third-order valence-electron chi connectivity index (χ3n) is 4.28. The van der Waals surface area contributed by atoms with Gasteiger partial charge in [0.05, 0.1) is 12.1 Å². The number of fused-ring (bicyclic) bond motifs is 1. The van der Waals surface area contributed by atoms with Crippen molar-refractivity contribution >= 4 is 11.0 Å². The molecule has 0 amide bonds. The molecular weight excluding hydrogens is 250 g/mol. The molecule has 1 aromatic carbocycles. The first-order valence-corrected chi connectivity index (χ1v) is 7.54. The average Bonchev–Trinajstić information content (AvgIpc) is 2.91. The highest BCUT2D eigenvalue weighted by Gasteiger charge is 2.21. The van der Waals surface area contributed by atoms with Crippen molar-refractivity contribution in [3.05, 3.63) is 36.1 Å². The zero-order valence-corrected chi connectivity index (χ0v) is 12.3. The number of hydrogen-bond donors (Lipinski definition) is 0. The van der Waals surface area contributed by atoms with Gasteiger partial charge in [0.2, 0.25) is 0 Å². The third-order valence-corrected chi connectivity index (χ3v) is 4.28. The summed E-state index contributed by atoms with van der Waals surface area (Å²) in [6, 6.07) is 10.6. The van der Waals surface area contributed by atoms with Gasteiger partial charge >= 0.3 is 0 Å². The number of likely N-dealkylation sites (N-methyl/N-ethyl adjacent to an activating group) is 1. The molecule has 0 N–H and O–H groups in total. The van der Waals surface area contributed by atoms with E-state index in [9.17, 15) is 0 Å². The van der Waals surface area contributed by atoms with E-state index in [0.29, 0.717) is 6.10 Å². The number of benzene rings is 1. The lowest BCUT2D eigenvalue weighted by molar-refractivity contribution is -0.00836. The third kappa shape index (κ3) is 2.89. The Morgan fingerprint density at radius 3 is 2.90 bits per heavy atom. The Kier molecular flexibility index (Phi) is 4.08. The molecule has 2 heterocycles. The Morgan fingerprint density at radius 2 is 2.15 bits per heavy atom. The van der Waals surface area contributed by atoms with Gasteiger partial charge in [0.15, 0.2) is 0 Å². The monoisotopic (exact) mass is 273 g/mol. The van der Waals surface area contributed by atoms with Gasteiger partial charge in [-0.05, 0) is 45.4 Å². The van der Waals surface area contributed by atoms with Gasteiger partial charge in [-0.2, -0.15) is 0 Å². The second-order valence-electron chi connectivity index (χ2n) is 5.79. The van der Waals surface area contributed by atoms with Crippen molar-refractivity contribution < 1.29 is 9.15 Å². The molecule has 3 rings (SSSR count). The highest BCUT2D eigenvalue weighted by atomic mass is 16.5. The first-order valence-electron chi connectivity index (χ1n) is 7.54. The molecule has 3 heteroatoms. The zero-order chi connectivity index (χ0) is 13.9. The number of hydrogen-bond acceptors (Lipinski definition) is 3. The van der Waals surface area contributed by atoms with E-state index in [-0.39, 0.29) is 6.04 Å². The number of rotatable bonds is 4. The maximum atomic E-state index is 5.96. The van der Waals surface area contributed by atoms with E-state index in [1.807, 2.05) is 18.2 Å². The maximum Gasteiger partial charge on any atom is 0.134 e. The summed E-state index contributed by atoms with van der Waals surface area (Å²) in [5.74, 6) is 1.03. The lowest BCUT2D eigenvalue weighted by Crippen LogP contribution is -2.34. The lowest BCUT2D eigenvalue weighted by atomic mass is 10.1. The van der Waals surface area contributed by atoms with E-state index in [1.165, 1.54) is 24.6 Å². The topological polar surface area (TPSA) is 25.6 Å². The number of para-hydroxylation sites is 1. The van der Waals surface area contributed by atoms with Crippen LogP contribution >= 0.6 is 0 Å². The van der Waals surface area contributed by atoms with Crippen LogP contribution in [0.25, 0.3) is 11.0 Å². The molecule has 2 aromatic rings. The molecule has 1 aromatic heterocycles. The molecule has 0 radical (unpaired) electrons. The Labute approximate surface area is 120 Å². The molecular formula is C17H23NO2. The van der Waals surface area contributed by atoms with E-state index in [2.05, 4.69) is 31.0 Å². The van der Waals surface area contributed by atoms with Crippen molar-refractivity contribution in [3.8, 4) is 0 Å². The van der Waals surface area contributed by atoms with Crippen LogP contribution in [-0.2, 0) is 4.74 Å². The van der Waals surface area contributed by atoms with Crippen LogP contribution < -0.4 is 0 Å². The van der Waals surface area contributed by atoms with E-state index in [1.54, 1.807) is 0 Å². The molecule has 0 bridgehead atoms. The Bertz CT molecular complexity index is 524. The lowest BCUT2D eigenvalue weighted by Gasteiger charge is -2.30. The fourth-order valence-corrected chi connectivity index (χ4v) is 2.86. The molecule has 1 saturated heterocycles. The first-order chi connectivity index (χ1) is 9.74. The summed E-state index contributed by atoms with van der Waals surface area (Å²) in [6.45, 7) is 4.08. The maximum absolute atomic E-state index is 5.96. The van der Waals surface area contributed by atoms with Crippen LogP contribution in [0.15, 0.2) is 34.7 Å². The molecule has 0 aliphatic carbocycles. The normalized spacial score (nSPS) is 21.4. The molecule has 2 atom stereocenters. The van der Waals surface area contributed by atoms with Crippen molar-refractivity contribution in [3.63, 3.8) is 0 Å². The molecule has 3 nitrogen and oxygen atoms in total. The van der Waals surface area contributed by atoms with Crippen LogP contribution in [-0.4, -0.2) is 31.2 Å². The number of nitrogens with zero attached hydrogens (tertiary/aromatic N) is 1. The van der Waals surface area contributed by atoms with Crippen molar-refractivity contribution in [2.24, 2.45) is 0 Å². The molecule has 2 unspecified atom stereocenters. The second-order valence-corrected chi connectivity index (χ2v) is 5.79. The quantitative estimate of drug-likeness (QED) is 0.842. The summed E-state index contributed by atoms with van der Waals surface area (Å²) in [7, 11) is 2.15. The Morgan fingerprint density at radius 1 is 1.30 bits per heavy atom. The van der Waals surface area contributed by atoms with Crippen molar-refractivity contribution in [1.82, 2.24) is 4.90 Å². The van der Waals surface area contributed by atoms with E-state index in [4.69, 9.17) is 9.15 Å². The summed E-state index contributed by atoms with van der Waals surface area (Å²) in [5, 5.41) is 1.18. The summed E-state index contributed by atoms with van der Waals surface area (Å²) in [5.41, 5.74) is 0.969. The van der Waals surface area contributed by atoms with Gasteiger partial charge in [-0.3, -0.25) is 4.90 Å². The molecule has 20 heavy (non-hydrogen) atoms. The fraction of sp³-hybridized carbons (Fsp3) is 0.529. The van der Waals surface area contributed by atoms with Crippen LogP contribution in [0.3, 0.4) is 0 Å². The van der Waals surface area contributed by atoms with Gasteiger partial charge in [0.1, 0.15) is 11.3 Å². The summed E-state index contributed by atoms with van der Waals surface area (Å²) >= 11 is 0. The predicted octanol–water partition coefficient (Wildman–Crippen LogP) is 3.99. The van der Waals surface area contributed by atoms with Crippen molar-refractivity contribution in [1.29, 1.82) is 0 Å². The van der Waals surface area contributed by atoms with Gasteiger partial charge in [-0.15, -0.1) is 0 Å². The molecule has 108 valence electrons. The van der Waals surface area contributed by atoms with Crippen LogP contribution in [0.5, 0.6) is 0 Å². The highest BCUT2D eigenvalue weighted by Crippen LogP contribution is 2.27. The smallest absolute Gasteiger partial charge is 0.134 e. The number of ether oxygens (including phenoxy) is 1. The summed E-state index contributed by atoms with van der Waals surface area (Å²) < 4.78 is 11.8. The predicted molar refractivity (Wildman–Crippen MR) is 80.9 cm³/mol. The molecule has 1 aliphatic rings. The van der Waals surface area contributed by atoms with Crippen LogP contribution in [0.2, 0.25) is 0 Å². The van der Waals surface area contributed by atoms with Crippen LogP contribution in [0.4, 0.5) is 0 Å². The van der Waals surface area contributed by atoms with Crippen LogP contribution in [0, 0.1) is 0 Å².